The van der Waals surface area contributed by atoms with Crippen molar-refractivity contribution in [2.75, 3.05) is 17.6 Å². The number of hydrogen-bond donors (Lipinski definition) is 2. The normalized spacial score (nSPS) is 12.1. The molecule has 1 atom stereocenters. The molecule has 1 unspecified atom stereocenters. The number of nitrogens with one attached hydrogen (secondary N) is 1. The van der Waals surface area contributed by atoms with Crippen LogP contribution in [0.4, 0.5) is 17.1 Å². The molecular weight excluding hydrogens is 242 g/mol. The van der Waals surface area contributed by atoms with Crippen molar-refractivity contribution in [2.24, 2.45) is 5.92 Å². The highest BCUT2D eigenvalue weighted by Crippen LogP contribution is 2.25. The number of anilines is 2. The van der Waals surface area contributed by atoms with Crippen LogP contribution in [0.5, 0.6) is 0 Å². The second-order valence-corrected chi connectivity index (χ2v) is 4.83. The molecule has 0 aliphatic carbocycles. The highest BCUT2D eigenvalue weighted by molar-refractivity contribution is 5.65. The lowest BCUT2D eigenvalue weighted by Crippen LogP contribution is -2.13. The number of unbranched alkanes of at least 4 members (excludes halogenated alkanes) is 1. The van der Waals surface area contributed by atoms with Gasteiger partial charge in [-0.25, -0.2) is 0 Å². The van der Waals surface area contributed by atoms with E-state index in [1.165, 1.54) is 25.3 Å². The van der Waals surface area contributed by atoms with Gasteiger partial charge < -0.3 is 11.1 Å². The summed E-state index contributed by atoms with van der Waals surface area (Å²) < 4.78 is 0. The monoisotopic (exact) mass is 265 g/mol. The predicted octanol–water partition coefficient (Wildman–Crippen LogP) is 3.81. The van der Waals surface area contributed by atoms with Crippen LogP contribution in [0.25, 0.3) is 0 Å². The van der Waals surface area contributed by atoms with Crippen molar-refractivity contribution >= 4 is 17.1 Å². The Balaban J connectivity index is 2.57. The SMILES string of the molecule is CCCCC(CC)CNc1ccc([N+](=O)[O-])c(N)c1. The molecule has 0 heterocycles. The standard InChI is InChI=1S/C14H23N3O2/c1-3-5-6-11(4-2)10-16-12-7-8-14(17(18)19)13(15)9-12/h7-9,11,16H,3-6,10,15H2,1-2H3. The number of nitrogen functional groups attached to an aromatic ring is 1. The molecule has 19 heavy (non-hydrogen) atoms. The minimum atomic E-state index is -0.463. The van der Waals surface area contributed by atoms with Crippen molar-refractivity contribution in [1.82, 2.24) is 0 Å². The molecule has 1 aromatic rings. The zero-order valence-corrected chi connectivity index (χ0v) is 11.7. The van der Waals surface area contributed by atoms with Gasteiger partial charge in [-0.15, -0.1) is 0 Å². The minimum Gasteiger partial charge on any atom is -0.393 e. The zero-order valence-electron chi connectivity index (χ0n) is 11.7. The van der Waals surface area contributed by atoms with E-state index in [9.17, 15) is 10.1 Å². The highest BCUT2D eigenvalue weighted by Gasteiger charge is 2.11. The van der Waals surface area contributed by atoms with E-state index >= 15 is 0 Å². The molecule has 0 radical (unpaired) electrons. The molecule has 0 amide bonds. The molecule has 0 aliphatic heterocycles. The smallest absolute Gasteiger partial charge is 0.292 e. The van der Waals surface area contributed by atoms with E-state index in [2.05, 4.69) is 19.2 Å². The number of nitrogens with zero attached hydrogens (tertiary/aromatic N) is 1. The summed E-state index contributed by atoms with van der Waals surface area (Å²) in [5.74, 6) is 0.636. The molecule has 0 spiro atoms. The summed E-state index contributed by atoms with van der Waals surface area (Å²) in [7, 11) is 0. The number of hydrogen-bond acceptors (Lipinski definition) is 4. The van der Waals surface area contributed by atoms with Crippen molar-refractivity contribution in [3.63, 3.8) is 0 Å². The third kappa shape index (κ3) is 4.77. The van der Waals surface area contributed by atoms with Crippen molar-refractivity contribution in [3.05, 3.63) is 28.3 Å². The number of benzene rings is 1. The van der Waals surface area contributed by atoms with Crippen LogP contribution < -0.4 is 11.1 Å². The summed E-state index contributed by atoms with van der Waals surface area (Å²) in [6.07, 6.45) is 4.79. The molecule has 0 fully saturated rings. The fourth-order valence-corrected chi connectivity index (χ4v) is 2.04. The third-order valence-corrected chi connectivity index (χ3v) is 3.36. The molecule has 106 valence electrons. The van der Waals surface area contributed by atoms with Crippen LogP contribution in [0.15, 0.2) is 18.2 Å². The zero-order chi connectivity index (χ0) is 14.3. The van der Waals surface area contributed by atoms with Crippen molar-refractivity contribution in [2.45, 2.75) is 39.5 Å². The first-order valence-electron chi connectivity index (χ1n) is 6.86. The van der Waals surface area contributed by atoms with Crippen LogP contribution in [0, 0.1) is 16.0 Å². The van der Waals surface area contributed by atoms with Crippen LogP contribution in [-0.2, 0) is 0 Å². The Morgan fingerprint density at radius 2 is 2.16 bits per heavy atom. The van der Waals surface area contributed by atoms with Gasteiger partial charge in [-0.2, -0.15) is 0 Å². The average Bonchev–Trinajstić information content (AvgIpc) is 2.38. The number of nitro benzene ring substituents is 1. The summed E-state index contributed by atoms with van der Waals surface area (Å²) in [6, 6.07) is 4.79. The molecule has 1 rings (SSSR count). The van der Waals surface area contributed by atoms with Crippen LogP contribution in [-0.4, -0.2) is 11.5 Å². The van der Waals surface area contributed by atoms with Crippen LogP contribution in [0.3, 0.4) is 0 Å². The lowest BCUT2D eigenvalue weighted by molar-refractivity contribution is -0.383. The molecular formula is C14H23N3O2. The third-order valence-electron chi connectivity index (χ3n) is 3.36. The second-order valence-electron chi connectivity index (χ2n) is 4.83. The van der Waals surface area contributed by atoms with Gasteiger partial charge in [0.25, 0.3) is 5.69 Å². The van der Waals surface area contributed by atoms with Gasteiger partial charge in [0.1, 0.15) is 5.69 Å². The first kappa shape index (κ1) is 15.3. The van der Waals surface area contributed by atoms with Gasteiger partial charge in [-0.3, -0.25) is 10.1 Å². The molecule has 1 aromatic carbocycles. The molecule has 5 nitrogen and oxygen atoms in total. The molecule has 0 aliphatic rings. The number of nitrogens with two attached hydrogens (primary N) is 1. The maximum atomic E-state index is 10.7. The average molecular weight is 265 g/mol. The van der Waals surface area contributed by atoms with Crippen molar-refractivity contribution < 1.29 is 4.92 Å². The molecule has 5 heteroatoms. The number of nitro groups is 1. The maximum absolute atomic E-state index is 10.7. The van der Waals surface area contributed by atoms with Crippen molar-refractivity contribution in [1.29, 1.82) is 0 Å². The summed E-state index contributed by atoms with van der Waals surface area (Å²) in [5, 5.41) is 14.0. The predicted molar refractivity (Wildman–Crippen MR) is 79.3 cm³/mol. The molecule has 0 aromatic heterocycles. The Morgan fingerprint density at radius 1 is 1.42 bits per heavy atom. The lowest BCUT2D eigenvalue weighted by Gasteiger charge is -2.16. The number of rotatable bonds is 8. The van der Waals surface area contributed by atoms with E-state index in [1.807, 2.05) is 0 Å². The fourth-order valence-electron chi connectivity index (χ4n) is 2.04. The molecule has 0 bridgehead atoms. The first-order chi connectivity index (χ1) is 9.08. The Hall–Kier alpha value is -1.78. The van der Waals surface area contributed by atoms with Crippen LogP contribution >= 0.6 is 0 Å². The lowest BCUT2D eigenvalue weighted by atomic mass is 9.99. The van der Waals surface area contributed by atoms with Gasteiger partial charge in [0, 0.05) is 18.3 Å². The molecule has 0 saturated heterocycles. The Labute approximate surface area is 114 Å². The summed E-state index contributed by atoms with van der Waals surface area (Å²) in [6.45, 7) is 5.26. The van der Waals surface area contributed by atoms with Gasteiger partial charge in [0.15, 0.2) is 0 Å². The van der Waals surface area contributed by atoms with Crippen LogP contribution in [0.1, 0.15) is 39.5 Å². The fraction of sp³-hybridized carbons (Fsp3) is 0.571. The van der Waals surface area contributed by atoms with E-state index in [0.717, 1.165) is 18.7 Å². The summed E-state index contributed by atoms with van der Waals surface area (Å²) in [5.41, 5.74) is 6.67. The quantitative estimate of drug-likeness (QED) is 0.425. The molecule has 0 saturated carbocycles. The van der Waals surface area contributed by atoms with E-state index in [4.69, 9.17) is 5.73 Å². The highest BCUT2D eigenvalue weighted by atomic mass is 16.6. The Morgan fingerprint density at radius 3 is 2.68 bits per heavy atom. The van der Waals surface area contributed by atoms with Crippen molar-refractivity contribution in [3.8, 4) is 0 Å². The van der Waals surface area contributed by atoms with Gasteiger partial charge in [-0.05, 0) is 24.5 Å². The van der Waals surface area contributed by atoms with E-state index in [1.54, 1.807) is 12.1 Å². The topological polar surface area (TPSA) is 81.2 Å². The minimum absolute atomic E-state index is 0.0384. The first-order valence-corrected chi connectivity index (χ1v) is 6.86. The second kappa shape index (κ2) is 7.61. The largest absolute Gasteiger partial charge is 0.393 e. The Kier molecular flexibility index (Phi) is 6.12. The van der Waals surface area contributed by atoms with E-state index in [-0.39, 0.29) is 11.4 Å². The maximum Gasteiger partial charge on any atom is 0.292 e. The Bertz CT molecular complexity index is 421. The summed E-state index contributed by atoms with van der Waals surface area (Å²) >= 11 is 0. The van der Waals surface area contributed by atoms with Gasteiger partial charge in [0.05, 0.1) is 4.92 Å². The van der Waals surface area contributed by atoms with Gasteiger partial charge >= 0.3 is 0 Å². The van der Waals surface area contributed by atoms with Gasteiger partial charge in [0.2, 0.25) is 0 Å². The van der Waals surface area contributed by atoms with Crippen LogP contribution in [0.2, 0.25) is 0 Å². The van der Waals surface area contributed by atoms with E-state index < -0.39 is 4.92 Å². The molecule has 3 N–H and O–H groups in total. The van der Waals surface area contributed by atoms with E-state index in [0.29, 0.717) is 5.92 Å². The van der Waals surface area contributed by atoms with Gasteiger partial charge in [-0.1, -0.05) is 33.1 Å². The summed E-state index contributed by atoms with van der Waals surface area (Å²) in [4.78, 5) is 10.2.